The third kappa shape index (κ3) is 6.91. The average molecular weight is 613 g/mol. The number of hydrogen-bond donors (Lipinski definition) is 0. The van der Waals surface area contributed by atoms with Crippen LogP contribution in [-0.2, 0) is 13.7 Å². The van der Waals surface area contributed by atoms with Gasteiger partial charge < -0.3 is 13.8 Å². The topological polar surface area (TPSA) is 62.6 Å². The summed E-state index contributed by atoms with van der Waals surface area (Å²) in [6, 6.07) is 38.6. The first kappa shape index (κ1) is 30.5. The van der Waals surface area contributed by atoms with E-state index in [0.717, 1.165) is 29.7 Å². The van der Waals surface area contributed by atoms with E-state index in [4.69, 9.17) is 8.92 Å². The van der Waals surface area contributed by atoms with Crippen molar-refractivity contribution in [1.29, 1.82) is 5.26 Å². The molecule has 2 aliphatic rings. The van der Waals surface area contributed by atoms with Gasteiger partial charge in [0.25, 0.3) is 0 Å². The maximum absolute atomic E-state index is 12.6. The molecule has 6 rings (SSSR count). The molecule has 0 bridgehead atoms. The molecule has 6 heteroatoms. The fourth-order valence-electron chi connectivity index (χ4n) is 6.51. The molecule has 0 N–H and O–H groups in total. The van der Waals surface area contributed by atoms with Gasteiger partial charge in [0.05, 0.1) is 13.7 Å². The lowest BCUT2D eigenvalue weighted by molar-refractivity contribution is -0.138. The van der Waals surface area contributed by atoms with E-state index in [0.29, 0.717) is 18.4 Å². The minimum absolute atomic E-state index is 0.0150. The highest BCUT2D eigenvalue weighted by Gasteiger charge is 2.42. The molecule has 4 aromatic carbocycles. The number of hydrogen-bond acceptors (Lipinski definition) is 6. The van der Waals surface area contributed by atoms with E-state index in [9.17, 15) is 10.1 Å². The summed E-state index contributed by atoms with van der Waals surface area (Å²) < 4.78 is 10.3. The number of benzene rings is 4. The van der Waals surface area contributed by atoms with E-state index in [1.54, 1.807) is 13.2 Å². The minimum atomic E-state index is -0.586. The number of ether oxygens (including phenoxy) is 1. The van der Waals surface area contributed by atoms with Crippen molar-refractivity contribution < 1.29 is 13.7 Å². The number of carbonyl (C=O) groups excluding carboxylic acids is 1. The first-order chi connectivity index (χ1) is 22.2. The molecule has 2 unspecified atom stereocenters. The Morgan fingerprint density at radius 2 is 1.60 bits per heavy atom. The van der Waals surface area contributed by atoms with Crippen molar-refractivity contribution in [3.05, 3.63) is 137 Å². The van der Waals surface area contributed by atoms with Gasteiger partial charge in [-0.25, -0.2) is 4.79 Å². The van der Waals surface area contributed by atoms with E-state index >= 15 is 0 Å². The molecular formula is C39H36N2O3S. The molecule has 0 spiro atoms. The van der Waals surface area contributed by atoms with E-state index in [-0.39, 0.29) is 12.2 Å². The number of carbonyl (C=O) groups is 1. The van der Waals surface area contributed by atoms with Crippen LogP contribution in [0.15, 0.2) is 109 Å². The molecule has 0 aromatic heterocycles. The van der Waals surface area contributed by atoms with Crippen molar-refractivity contribution in [2.24, 2.45) is 0 Å². The fourth-order valence-corrected chi connectivity index (χ4v) is 6.92. The molecule has 45 heavy (non-hydrogen) atoms. The van der Waals surface area contributed by atoms with Gasteiger partial charge in [0.2, 0.25) is 0 Å². The van der Waals surface area contributed by atoms with Gasteiger partial charge in [0, 0.05) is 29.1 Å². The summed E-state index contributed by atoms with van der Waals surface area (Å²) in [6.45, 7) is 0.255. The number of nitriles is 1. The van der Waals surface area contributed by atoms with Crippen LogP contribution in [0, 0.1) is 11.3 Å². The van der Waals surface area contributed by atoms with Crippen LogP contribution in [-0.4, -0.2) is 31.5 Å². The quantitative estimate of drug-likeness (QED) is 0.0420. The summed E-state index contributed by atoms with van der Waals surface area (Å²) in [6.07, 6.45) is 8.03. The predicted octanol–water partition coefficient (Wildman–Crippen LogP) is 9.20. The number of nitrogens with zero attached hydrogens (tertiary/aromatic N) is 2. The first-order valence-electron chi connectivity index (χ1n) is 15.5. The van der Waals surface area contributed by atoms with Crippen molar-refractivity contribution in [2.45, 2.75) is 37.6 Å². The Labute approximate surface area is 270 Å². The standard InChI is InChI=1S/C39H36N2O3S/c1-43-45-23-9-22-44-39(42)32(27-40)24-29-18-21-38-36(26-29)34-14-8-15-37(34)41(38)33-19-16-28(17-20-33)25-35(30-10-4-2-5-11-30)31-12-6-3-7-13-31/h2-7,10-13,16-21,24-26,34,37H,8-9,14-15,22-23H2,1H3/b32-24+. The van der Waals surface area contributed by atoms with Crippen molar-refractivity contribution in [3.63, 3.8) is 0 Å². The highest BCUT2D eigenvalue weighted by atomic mass is 32.2. The monoisotopic (exact) mass is 612 g/mol. The lowest BCUT2D eigenvalue weighted by atomic mass is 9.95. The summed E-state index contributed by atoms with van der Waals surface area (Å²) in [4.78, 5) is 15.0. The lowest BCUT2D eigenvalue weighted by Crippen LogP contribution is -2.26. The van der Waals surface area contributed by atoms with E-state index in [1.807, 2.05) is 24.3 Å². The van der Waals surface area contributed by atoms with Crippen LogP contribution in [0.2, 0.25) is 0 Å². The molecule has 226 valence electrons. The summed E-state index contributed by atoms with van der Waals surface area (Å²) in [5.41, 5.74) is 9.25. The predicted molar refractivity (Wildman–Crippen MR) is 184 cm³/mol. The molecule has 1 aliphatic heterocycles. The summed E-state index contributed by atoms with van der Waals surface area (Å²) >= 11 is 1.32. The molecule has 0 amide bonds. The second-order valence-electron chi connectivity index (χ2n) is 11.3. The van der Waals surface area contributed by atoms with E-state index in [1.165, 1.54) is 52.1 Å². The lowest BCUT2D eigenvalue weighted by Gasteiger charge is -2.27. The molecule has 4 aromatic rings. The van der Waals surface area contributed by atoms with Crippen LogP contribution in [0.4, 0.5) is 11.4 Å². The van der Waals surface area contributed by atoms with Crippen LogP contribution in [0.1, 0.15) is 59.4 Å². The number of fused-ring (bicyclic) bond motifs is 3. The zero-order valence-corrected chi connectivity index (χ0v) is 26.2. The van der Waals surface area contributed by atoms with Gasteiger partial charge in [-0.2, -0.15) is 5.26 Å². The Hall–Kier alpha value is -4.57. The van der Waals surface area contributed by atoms with Crippen molar-refractivity contribution in [2.75, 3.05) is 24.4 Å². The molecule has 1 fully saturated rings. The number of esters is 1. The maximum atomic E-state index is 12.6. The van der Waals surface area contributed by atoms with Crippen molar-refractivity contribution in [3.8, 4) is 6.07 Å². The first-order valence-corrected chi connectivity index (χ1v) is 16.4. The summed E-state index contributed by atoms with van der Waals surface area (Å²) in [5.74, 6) is 0.560. The zero-order valence-electron chi connectivity index (χ0n) is 25.4. The van der Waals surface area contributed by atoms with Gasteiger partial charge >= 0.3 is 5.97 Å². The van der Waals surface area contributed by atoms with Crippen LogP contribution in [0.5, 0.6) is 0 Å². The van der Waals surface area contributed by atoms with E-state index in [2.05, 4.69) is 95.9 Å². The average Bonchev–Trinajstić information content (AvgIpc) is 3.68. The molecule has 0 saturated heterocycles. The zero-order chi connectivity index (χ0) is 31.0. The smallest absolute Gasteiger partial charge is 0.348 e. The highest BCUT2D eigenvalue weighted by molar-refractivity contribution is 7.94. The number of anilines is 2. The van der Waals surface area contributed by atoms with Crippen LogP contribution in [0.3, 0.4) is 0 Å². The molecule has 5 nitrogen and oxygen atoms in total. The third-order valence-corrected chi connectivity index (χ3v) is 9.24. The molecule has 1 heterocycles. The molecular weight excluding hydrogens is 577 g/mol. The Morgan fingerprint density at radius 3 is 2.27 bits per heavy atom. The SMILES string of the molecule is COSCCCOC(=O)/C(C#N)=C/c1ccc2c(c1)C1CCCC1N2c1ccc(C=C(c2ccccc2)c2ccccc2)cc1. The van der Waals surface area contributed by atoms with Crippen LogP contribution >= 0.6 is 12.0 Å². The number of rotatable bonds is 11. The normalized spacial score (nSPS) is 16.9. The Bertz CT molecular complexity index is 1680. The maximum Gasteiger partial charge on any atom is 0.348 e. The molecule has 2 atom stereocenters. The Balaban J connectivity index is 1.25. The molecule has 1 aliphatic carbocycles. The molecule has 0 radical (unpaired) electrons. The second kappa shape index (κ2) is 14.5. The second-order valence-corrected chi connectivity index (χ2v) is 12.3. The van der Waals surface area contributed by atoms with Gasteiger partial charge in [0.15, 0.2) is 0 Å². The summed E-state index contributed by atoms with van der Waals surface area (Å²) in [5, 5.41) is 9.68. The largest absolute Gasteiger partial charge is 0.462 e. The van der Waals surface area contributed by atoms with Crippen LogP contribution < -0.4 is 4.90 Å². The Kier molecular flexibility index (Phi) is 9.80. The van der Waals surface area contributed by atoms with Gasteiger partial charge in [-0.3, -0.25) is 0 Å². The highest BCUT2D eigenvalue weighted by Crippen LogP contribution is 2.52. The summed E-state index contributed by atoms with van der Waals surface area (Å²) in [7, 11) is 1.61. The van der Waals surface area contributed by atoms with E-state index < -0.39 is 5.97 Å². The van der Waals surface area contributed by atoms with Gasteiger partial charge in [-0.05, 0) is 101 Å². The fraction of sp³-hybridized carbons (Fsp3) is 0.231. The van der Waals surface area contributed by atoms with Crippen LogP contribution in [0.25, 0.3) is 17.7 Å². The minimum Gasteiger partial charge on any atom is -0.462 e. The van der Waals surface area contributed by atoms with Gasteiger partial charge in [-0.15, -0.1) is 0 Å². The van der Waals surface area contributed by atoms with Gasteiger partial charge in [0.1, 0.15) is 11.6 Å². The van der Waals surface area contributed by atoms with Gasteiger partial charge in [-0.1, -0.05) is 85.3 Å². The van der Waals surface area contributed by atoms with Crippen molar-refractivity contribution in [1.82, 2.24) is 0 Å². The Morgan fingerprint density at radius 1 is 0.911 bits per heavy atom. The van der Waals surface area contributed by atoms with Crippen molar-refractivity contribution >= 4 is 47.1 Å². The molecule has 1 saturated carbocycles. The third-order valence-electron chi connectivity index (χ3n) is 8.55.